The second-order valence-corrected chi connectivity index (χ2v) is 8.17. The quantitative estimate of drug-likeness (QED) is 0.792. The molecule has 5 heteroatoms. The molecule has 0 radical (unpaired) electrons. The van der Waals surface area contributed by atoms with Crippen LogP contribution in [-0.4, -0.2) is 71.5 Å². The van der Waals surface area contributed by atoms with Gasteiger partial charge in [0.1, 0.15) is 6.04 Å². The number of likely N-dealkylation sites (tertiary alicyclic amines) is 1. The molecule has 132 valence electrons. The normalized spacial score (nSPS) is 33.5. The number of hydrogen-bond donors (Lipinski definition) is 0. The summed E-state index contributed by atoms with van der Waals surface area (Å²) in [6.07, 6.45) is 10.2. The number of carbonyl (C=O) groups excluding carboxylic acids is 1. The van der Waals surface area contributed by atoms with Crippen LogP contribution in [0.15, 0.2) is 0 Å². The molecule has 24 heavy (non-hydrogen) atoms. The van der Waals surface area contributed by atoms with Gasteiger partial charge in [0.15, 0.2) is 0 Å². The molecule has 0 aromatic rings. The van der Waals surface area contributed by atoms with Crippen LogP contribution in [0.1, 0.15) is 51.4 Å². The maximum Gasteiger partial charge on any atom is 0.227 e. The van der Waals surface area contributed by atoms with Gasteiger partial charge in [-0.2, -0.15) is 5.26 Å². The highest BCUT2D eigenvalue weighted by Crippen LogP contribution is 2.32. The highest BCUT2D eigenvalue weighted by Gasteiger charge is 2.41. The van der Waals surface area contributed by atoms with E-state index in [0.29, 0.717) is 18.5 Å². The Labute approximate surface area is 145 Å². The van der Waals surface area contributed by atoms with Crippen molar-refractivity contribution < 1.29 is 4.79 Å². The Hall–Kier alpha value is -1.12. The zero-order valence-electron chi connectivity index (χ0n) is 14.7. The molecule has 2 heterocycles. The second-order valence-electron chi connectivity index (χ2n) is 8.17. The number of piperazine rings is 1. The molecule has 4 fully saturated rings. The molecule has 0 aromatic heterocycles. The van der Waals surface area contributed by atoms with Crippen LogP contribution in [0.2, 0.25) is 0 Å². The Bertz CT molecular complexity index is 506. The molecule has 0 N–H and O–H groups in total. The number of nitrogens with zero attached hydrogens (tertiary/aromatic N) is 4. The van der Waals surface area contributed by atoms with Gasteiger partial charge in [-0.15, -0.1) is 0 Å². The molecule has 2 aliphatic heterocycles. The first-order valence-electron chi connectivity index (χ1n) is 9.94. The maximum absolute atomic E-state index is 13.0. The van der Waals surface area contributed by atoms with E-state index in [0.717, 1.165) is 38.6 Å². The summed E-state index contributed by atoms with van der Waals surface area (Å²) in [5, 5.41) is 9.48. The lowest BCUT2D eigenvalue weighted by Gasteiger charge is -2.39. The molecule has 0 aromatic carbocycles. The van der Waals surface area contributed by atoms with Gasteiger partial charge in [0.05, 0.1) is 12.0 Å². The van der Waals surface area contributed by atoms with E-state index in [1.807, 2.05) is 4.90 Å². The van der Waals surface area contributed by atoms with Crippen molar-refractivity contribution in [2.24, 2.45) is 5.92 Å². The van der Waals surface area contributed by atoms with Crippen molar-refractivity contribution in [3.63, 3.8) is 0 Å². The first-order chi connectivity index (χ1) is 11.8. The summed E-state index contributed by atoms with van der Waals surface area (Å²) in [7, 11) is 0. The molecule has 4 rings (SSSR count). The van der Waals surface area contributed by atoms with Crippen molar-refractivity contribution in [1.29, 1.82) is 5.26 Å². The minimum Gasteiger partial charge on any atom is -0.338 e. The average molecular weight is 330 g/mol. The van der Waals surface area contributed by atoms with Crippen molar-refractivity contribution >= 4 is 5.91 Å². The lowest BCUT2D eigenvalue weighted by atomic mass is 9.94. The van der Waals surface area contributed by atoms with Crippen LogP contribution in [0.25, 0.3) is 0 Å². The van der Waals surface area contributed by atoms with Gasteiger partial charge in [0.2, 0.25) is 5.91 Å². The van der Waals surface area contributed by atoms with Gasteiger partial charge in [-0.05, 0) is 38.6 Å². The van der Waals surface area contributed by atoms with E-state index < -0.39 is 0 Å². The number of carbonyl (C=O) groups is 1. The van der Waals surface area contributed by atoms with Gasteiger partial charge >= 0.3 is 0 Å². The molecule has 0 bridgehead atoms. The smallest absolute Gasteiger partial charge is 0.227 e. The van der Waals surface area contributed by atoms with E-state index in [1.165, 1.54) is 44.9 Å². The Morgan fingerprint density at radius 1 is 0.875 bits per heavy atom. The molecule has 2 saturated carbocycles. The zero-order valence-corrected chi connectivity index (χ0v) is 14.7. The van der Waals surface area contributed by atoms with Crippen molar-refractivity contribution in [3.8, 4) is 6.07 Å². The molecule has 0 unspecified atom stereocenters. The summed E-state index contributed by atoms with van der Waals surface area (Å²) in [6, 6.07) is 3.67. The number of nitriles is 1. The van der Waals surface area contributed by atoms with Crippen LogP contribution in [0.5, 0.6) is 0 Å². The number of hydrogen-bond acceptors (Lipinski definition) is 4. The summed E-state index contributed by atoms with van der Waals surface area (Å²) in [5.41, 5.74) is 0. The molecule has 4 aliphatic rings. The average Bonchev–Trinajstić information content (AvgIpc) is 3.37. The van der Waals surface area contributed by atoms with Crippen LogP contribution in [0, 0.1) is 17.2 Å². The fraction of sp³-hybridized carbons (Fsp3) is 0.895. The third kappa shape index (κ3) is 3.32. The minimum absolute atomic E-state index is 0.0916. The largest absolute Gasteiger partial charge is 0.338 e. The summed E-state index contributed by atoms with van der Waals surface area (Å²) < 4.78 is 0. The van der Waals surface area contributed by atoms with Crippen molar-refractivity contribution in [2.75, 3.05) is 32.7 Å². The second kappa shape index (κ2) is 7.01. The lowest BCUT2D eigenvalue weighted by Crippen LogP contribution is -2.56. The monoisotopic (exact) mass is 330 g/mol. The van der Waals surface area contributed by atoms with E-state index in [2.05, 4.69) is 15.9 Å². The summed E-state index contributed by atoms with van der Waals surface area (Å²) >= 11 is 0. The van der Waals surface area contributed by atoms with E-state index in [9.17, 15) is 10.1 Å². The van der Waals surface area contributed by atoms with Crippen molar-refractivity contribution in [2.45, 2.75) is 69.5 Å². The predicted octanol–water partition coefficient (Wildman–Crippen LogP) is 1.84. The van der Waals surface area contributed by atoms with Crippen LogP contribution in [-0.2, 0) is 4.79 Å². The standard InChI is InChI=1S/C19H30N4O/c20-12-18-14-22(10-11-23(18)17-6-7-17)19(24)15-8-9-21(13-15)16-4-2-1-3-5-16/h15-18H,1-11,13-14H2/t15-,18+/m0/s1. The van der Waals surface area contributed by atoms with Crippen LogP contribution < -0.4 is 0 Å². The summed E-state index contributed by atoms with van der Waals surface area (Å²) in [6.45, 7) is 4.35. The molecule has 0 spiro atoms. The minimum atomic E-state index is -0.0916. The highest BCUT2D eigenvalue weighted by molar-refractivity contribution is 5.79. The predicted molar refractivity (Wildman–Crippen MR) is 92.3 cm³/mol. The topological polar surface area (TPSA) is 50.6 Å². The Morgan fingerprint density at radius 3 is 2.38 bits per heavy atom. The van der Waals surface area contributed by atoms with Crippen LogP contribution in [0.3, 0.4) is 0 Å². The van der Waals surface area contributed by atoms with Crippen molar-refractivity contribution in [3.05, 3.63) is 0 Å². The SMILES string of the molecule is N#C[C@@H]1CN(C(=O)[C@H]2CCN(C3CCCCC3)C2)CCN1C1CC1. The molecular formula is C19H30N4O. The van der Waals surface area contributed by atoms with E-state index in [4.69, 9.17) is 0 Å². The van der Waals surface area contributed by atoms with Gasteiger partial charge in [-0.1, -0.05) is 19.3 Å². The first-order valence-corrected chi connectivity index (χ1v) is 9.94. The molecular weight excluding hydrogens is 300 g/mol. The summed E-state index contributed by atoms with van der Waals surface area (Å²) in [4.78, 5) is 19.8. The maximum atomic E-state index is 13.0. The third-order valence-electron chi connectivity index (χ3n) is 6.56. The van der Waals surface area contributed by atoms with E-state index in [1.54, 1.807) is 0 Å². The van der Waals surface area contributed by atoms with Gasteiger partial charge in [-0.25, -0.2) is 0 Å². The first kappa shape index (κ1) is 16.4. The van der Waals surface area contributed by atoms with Crippen LogP contribution >= 0.6 is 0 Å². The molecule has 2 aliphatic carbocycles. The molecule has 5 nitrogen and oxygen atoms in total. The van der Waals surface area contributed by atoms with Gasteiger partial charge in [0.25, 0.3) is 0 Å². The molecule has 2 saturated heterocycles. The molecule has 1 amide bonds. The van der Waals surface area contributed by atoms with Gasteiger partial charge in [-0.3, -0.25) is 14.6 Å². The number of rotatable bonds is 3. The van der Waals surface area contributed by atoms with Crippen molar-refractivity contribution in [1.82, 2.24) is 14.7 Å². The van der Waals surface area contributed by atoms with E-state index >= 15 is 0 Å². The third-order valence-corrected chi connectivity index (χ3v) is 6.56. The van der Waals surface area contributed by atoms with Crippen LogP contribution in [0.4, 0.5) is 0 Å². The fourth-order valence-corrected chi connectivity index (χ4v) is 4.98. The molecule has 2 atom stereocenters. The van der Waals surface area contributed by atoms with Gasteiger partial charge < -0.3 is 4.90 Å². The Kier molecular flexibility index (Phi) is 4.78. The number of amides is 1. The highest BCUT2D eigenvalue weighted by atomic mass is 16.2. The lowest BCUT2D eigenvalue weighted by molar-refractivity contribution is -0.137. The Morgan fingerprint density at radius 2 is 1.67 bits per heavy atom. The fourth-order valence-electron chi connectivity index (χ4n) is 4.98. The van der Waals surface area contributed by atoms with E-state index in [-0.39, 0.29) is 12.0 Å². The zero-order chi connectivity index (χ0) is 16.5. The van der Waals surface area contributed by atoms with Gasteiger partial charge in [0, 0.05) is 38.3 Å². The Balaban J connectivity index is 1.32. The summed E-state index contributed by atoms with van der Waals surface area (Å²) in [5.74, 6) is 0.475.